The molecule has 2 aliphatic heterocycles. The predicted molar refractivity (Wildman–Crippen MR) is 170 cm³/mol. The molecule has 4 heterocycles. The van der Waals surface area contributed by atoms with Crippen LogP contribution in [0, 0.1) is 22.0 Å². The molecule has 48 heavy (non-hydrogen) atoms. The van der Waals surface area contributed by atoms with E-state index < -0.39 is 58.6 Å². The van der Waals surface area contributed by atoms with Crippen molar-refractivity contribution >= 4 is 34.6 Å². The number of hydrogen-bond donors (Lipinski definition) is 3. The molecule has 2 saturated heterocycles. The van der Waals surface area contributed by atoms with Gasteiger partial charge in [-0.25, -0.2) is 0 Å². The number of benzene rings is 3. The second kappa shape index (κ2) is 12.0. The molecule has 13 heteroatoms. The Kier molecular flexibility index (Phi) is 7.68. The first-order chi connectivity index (χ1) is 23.2. The first-order valence-corrected chi connectivity index (χ1v) is 15.2. The van der Waals surface area contributed by atoms with Crippen LogP contribution < -0.4 is 14.8 Å². The van der Waals surface area contributed by atoms with Crippen molar-refractivity contribution in [1.29, 1.82) is 0 Å². The van der Waals surface area contributed by atoms with Crippen LogP contribution >= 0.6 is 0 Å². The van der Waals surface area contributed by atoms with Gasteiger partial charge >= 0.3 is 11.9 Å². The lowest BCUT2D eigenvalue weighted by Crippen LogP contribution is -2.57. The maximum atomic E-state index is 14.3. The van der Waals surface area contributed by atoms with Crippen LogP contribution in [0.5, 0.6) is 11.5 Å². The molecule has 3 N–H and O–H groups in total. The molecule has 0 aliphatic carbocycles. The van der Waals surface area contributed by atoms with Crippen LogP contribution in [0.2, 0.25) is 0 Å². The summed E-state index contributed by atoms with van der Waals surface area (Å²) in [6.07, 6.45) is 1.58. The SMILES string of the molecule is COc1cccc(C2NC(Cc3c[nH]c4ccccc34)(C(=O)O)C3C(=O)N(Cc4ccc([N+](=O)[O-])o4)C(=O)C23)c1OCc1ccccc1. The standard InChI is InChI=1S/C35H30N4O9/c1-46-26-13-7-11-24(31(26)47-19-20-8-3-2-4-9-20)30-28-29(33(41)38(32(28)40)18-22-14-15-27(48-22)39(44)45)35(37-30,34(42)43)16-21-17-36-25-12-6-5-10-23(21)25/h2-15,17,28-30,36-37H,16,18-19H2,1H3,(H,42,43). The van der Waals surface area contributed by atoms with E-state index in [1.807, 2.05) is 54.6 Å². The number of ether oxygens (including phenoxy) is 2. The molecule has 0 saturated carbocycles. The normalized spacial score (nSPS) is 21.9. The number of rotatable bonds is 11. The molecule has 7 rings (SSSR count). The topological polar surface area (TPSA) is 177 Å². The third kappa shape index (κ3) is 5.04. The maximum Gasteiger partial charge on any atom is 0.433 e. The van der Waals surface area contributed by atoms with Crippen molar-refractivity contribution in [3.63, 3.8) is 0 Å². The molecule has 4 unspecified atom stereocenters. The van der Waals surface area contributed by atoms with Crippen molar-refractivity contribution in [2.45, 2.75) is 31.2 Å². The van der Waals surface area contributed by atoms with Crippen LogP contribution in [0.3, 0.4) is 0 Å². The second-order valence-corrected chi connectivity index (χ2v) is 11.9. The van der Waals surface area contributed by atoms with Gasteiger partial charge in [-0.1, -0.05) is 60.7 Å². The van der Waals surface area contributed by atoms with Crippen LogP contribution in [0.15, 0.2) is 95.5 Å². The number of aromatic amines is 1. The van der Waals surface area contributed by atoms with E-state index in [1.54, 1.807) is 24.4 Å². The van der Waals surface area contributed by atoms with Gasteiger partial charge < -0.3 is 24.0 Å². The van der Waals surface area contributed by atoms with Crippen molar-refractivity contribution in [1.82, 2.24) is 15.2 Å². The lowest BCUT2D eigenvalue weighted by molar-refractivity contribution is -0.402. The number of hydrogen-bond acceptors (Lipinski definition) is 9. The number of nitrogens with one attached hydrogen (secondary N) is 2. The number of carbonyl (C=O) groups is 3. The van der Waals surface area contributed by atoms with E-state index >= 15 is 0 Å². The van der Waals surface area contributed by atoms with Gasteiger partial charge in [0.05, 0.1) is 31.6 Å². The summed E-state index contributed by atoms with van der Waals surface area (Å²) in [5.41, 5.74) is 0.817. The van der Waals surface area contributed by atoms with Gasteiger partial charge in [0.2, 0.25) is 11.8 Å². The summed E-state index contributed by atoms with van der Waals surface area (Å²) in [7, 11) is 1.48. The zero-order valence-corrected chi connectivity index (χ0v) is 25.6. The highest BCUT2D eigenvalue weighted by molar-refractivity contribution is 6.09. The van der Waals surface area contributed by atoms with Crippen molar-refractivity contribution in [2.24, 2.45) is 11.8 Å². The van der Waals surface area contributed by atoms with Crippen molar-refractivity contribution in [3.8, 4) is 11.5 Å². The number of imide groups is 1. The number of carboxylic acid groups (broad SMARTS) is 1. The van der Waals surface area contributed by atoms with E-state index in [9.17, 15) is 29.6 Å². The van der Waals surface area contributed by atoms with Crippen LogP contribution in [0.4, 0.5) is 5.88 Å². The number of carboxylic acids is 1. The average Bonchev–Trinajstić information content (AvgIpc) is 3.87. The zero-order valence-electron chi connectivity index (χ0n) is 25.6. The fourth-order valence-electron chi connectivity index (χ4n) is 7.03. The number of amides is 2. The molecular weight excluding hydrogens is 620 g/mol. The highest BCUT2D eigenvalue weighted by Gasteiger charge is 2.69. The lowest BCUT2D eigenvalue weighted by atomic mass is 9.76. The summed E-state index contributed by atoms with van der Waals surface area (Å²) < 4.78 is 17.2. The van der Waals surface area contributed by atoms with Gasteiger partial charge in [-0.3, -0.25) is 34.7 Å². The van der Waals surface area contributed by atoms with E-state index in [-0.39, 0.29) is 18.8 Å². The van der Waals surface area contributed by atoms with E-state index in [2.05, 4.69) is 10.3 Å². The molecule has 2 fully saturated rings. The molecule has 0 radical (unpaired) electrons. The van der Waals surface area contributed by atoms with Gasteiger partial charge in [0.15, 0.2) is 11.5 Å². The monoisotopic (exact) mass is 650 g/mol. The minimum atomic E-state index is -1.93. The van der Waals surface area contributed by atoms with Crippen molar-refractivity contribution < 1.29 is 38.3 Å². The van der Waals surface area contributed by atoms with Gasteiger partial charge in [-0.05, 0) is 29.3 Å². The molecule has 0 bridgehead atoms. The number of nitrogens with zero attached hydrogens (tertiary/aromatic N) is 2. The van der Waals surface area contributed by atoms with E-state index in [4.69, 9.17) is 13.9 Å². The van der Waals surface area contributed by atoms with Gasteiger partial charge in [-0.2, -0.15) is 0 Å². The number of para-hydroxylation sites is 2. The molecule has 0 spiro atoms. The van der Waals surface area contributed by atoms with Crippen LogP contribution in [-0.4, -0.2) is 50.3 Å². The molecule has 2 amide bonds. The Morgan fingerprint density at radius 3 is 2.52 bits per heavy atom. The van der Waals surface area contributed by atoms with Gasteiger partial charge in [0.25, 0.3) is 0 Å². The van der Waals surface area contributed by atoms with E-state index in [0.717, 1.165) is 27.4 Å². The molecule has 2 aliphatic rings. The molecule has 13 nitrogen and oxygen atoms in total. The molecular formula is C35H30N4O9. The van der Waals surface area contributed by atoms with Gasteiger partial charge in [0, 0.05) is 35.1 Å². The summed E-state index contributed by atoms with van der Waals surface area (Å²) in [6, 6.07) is 23.4. The number of nitro groups is 1. The Morgan fingerprint density at radius 2 is 1.79 bits per heavy atom. The Hall–Kier alpha value is -5.95. The summed E-state index contributed by atoms with van der Waals surface area (Å²) >= 11 is 0. The smallest absolute Gasteiger partial charge is 0.433 e. The Balaban J connectivity index is 1.34. The number of methoxy groups -OCH3 is 1. The zero-order chi connectivity index (χ0) is 33.6. The molecule has 2 aromatic heterocycles. The Bertz CT molecular complexity index is 2060. The van der Waals surface area contributed by atoms with Gasteiger partial charge in [-0.15, -0.1) is 0 Å². The number of furan rings is 1. The second-order valence-electron chi connectivity index (χ2n) is 11.9. The summed E-state index contributed by atoms with van der Waals surface area (Å²) in [4.78, 5) is 56.8. The fourth-order valence-corrected chi connectivity index (χ4v) is 7.03. The number of aliphatic carboxylic acids is 1. The average molecular weight is 651 g/mol. The quantitative estimate of drug-likeness (QED) is 0.103. The summed E-state index contributed by atoms with van der Waals surface area (Å²) in [5, 5.41) is 26.3. The Labute approximate surface area is 273 Å². The number of carbonyl (C=O) groups excluding carboxylic acids is 2. The maximum absolute atomic E-state index is 14.3. The number of H-pyrrole nitrogens is 1. The number of fused-ring (bicyclic) bond motifs is 2. The molecule has 3 aromatic carbocycles. The van der Waals surface area contributed by atoms with Crippen molar-refractivity contribution in [3.05, 3.63) is 124 Å². The molecule has 4 atom stereocenters. The minimum absolute atomic E-state index is 0.0127. The van der Waals surface area contributed by atoms with Crippen LogP contribution in [0.1, 0.15) is 28.5 Å². The predicted octanol–water partition coefficient (Wildman–Crippen LogP) is 4.77. The summed E-state index contributed by atoms with van der Waals surface area (Å²) in [6.45, 7) is -0.242. The first kappa shape index (κ1) is 30.7. The Morgan fingerprint density at radius 1 is 1.02 bits per heavy atom. The first-order valence-electron chi connectivity index (χ1n) is 15.2. The van der Waals surface area contributed by atoms with Crippen LogP contribution in [0.25, 0.3) is 10.9 Å². The third-order valence-electron chi connectivity index (χ3n) is 9.20. The number of likely N-dealkylation sites (tertiary alicyclic amines) is 1. The fraction of sp³-hybridized carbons (Fsp3) is 0.229. The van der Waals surface area contributed by atoms with E-state index in [0.29, 0.717) is 22.6 Å². The highest BCUT2D eigenvalue weighted by atomic mass is 16.6. The lowest BCUT2D eigenvalue weighted by Gasteiger charge is -2.31. The molecule has 244 valence electrons. The summed E-state index contributed by atoms with van der Waals surface area (Å²) in [5.74, 6) is -5.06. The number of aromatic nitrogens is 1. The van der Waals surface area contributed by atoms with Crippen molar-refractivity contribution in [2.75, 3.05) is 7.11 Å². The third-order valence-corrected chi connectivity index (χ3v) is 9.20. The molecule has 5 aromatic rings. The van der Waals surface area contributed by atoms with Gasteiger partial charge in [0.1, 0.15) is 22.8 Å². The van der Waals surface area contributed by atoms with Crippen LogP contribution in [-0.2, 0) is 34.0 Å². The highest BCUT2D eigenvalue weighted by Crippen LogP contribution is 2.53. The largest absolute Gasteiger partial charge is 0.493 e. The minimum Gasteiger partial charge on any atom is -0.493 e. The van der Waals surface area contributed by atoms with E-state index in [1.165, 1.54) is 13.2 Å².